The molecule has 2 aromatic rings. The first-order chi connectivity index (χ1) is 8.90. The minimum absolute atomic E-state index is 0.279. The highest BCUT2D eigenvalue weighted by atomic mass is 35.5. The van der Waals surface area contributed by atoms with Gasteiger partial charge in [-0.2, -0.15) is 5.10 Å². The van der Waals surface area contributed by atoms with Gasteiger partial charge in [0.1, 0.15) is 5.82 Å². The molecule has 102 valence electrons. The van der Waals surface area contributed by atoms with Gasteiger partial charge >= 0.3 is 0 Å². The standard InChI is InChI=1S/C14H17ClFN3/c1-8-14(9(2)19(3)18-8)13(17)7-10-6-11(15)4-5-12(10)16/h4-6,13H,7,17H2,1-3H3. The Balaban J connectivity index is 2.30. The van der Waals surface area contributed by atoms with Crippen molar-refractivity contribution in [2.24, 2.45) is 12.8 Å². The van der Waals surface area contributed by atoms with Gasteiger partial charge in [0.15, 0.2) is 0 Å². The maximum Gasteiger partial charge on any atom is 0.126 e. The molecule has 0 radical (unpaired) electrons. The first kappa shape index (κ1) is 14.0. The third-order valence-corrected chi connectivity index (χ3v) is 3.62. The fourth-order valence-electron chi connectivity index (χ4n) is 2.37. The predicted octanol–water partition coefficient (Wildman–Crippen LogP) is 3.07. The molecule has 1 unspecified atom stereocenters. The zero-order valence-electron chi connectivity index (χ0n) is 11.2. The van der Waals surface area contributed by atoms with Gasteiger partial charge in [-0.05, 0) is 44.0 Å². The number of aryl methyl sites for hydroxylation is 2. The van der Waals surface area contributed by atoms with Crippen LogP contribution in [0, 0.1) is 19.7 Å². The smallest absolute Gasteiger partial charge is 0.126 e. The van der Waals surface area contributed by atoms with Crippen molar-refractivity contribution in [3.05, 3.63) is 51.6 Å². The summed E-state index contributed by atoms with van der Waals surface area (Å²) in [6.07, 6.45) is 0.403. The van der Waals surface area contributed by atoms with Gasteiger partial charge in [-0.1, -0.05) is 11.6 Å². The monoisotopic (exact) mass is 281 g/mol. The van der Waals surface area contributed by atoms with Crippen LogP contribution in [0.25, 0.3) is 0 Å². The molecule has 0 spiro atoms. The Hall–Kier alpha value is -1.39. The molecule has 0 amide bonds. The predicted molar refractivity (Wildman–Crippen MR) is 74.7 cm³/mol. The average molecular weight is 282 g/mol. The molecule has 0 aliphatic carbocycles. The summed E-state index contributed by atoms with van der Waals surface area (Å²) < 4.78 is 15.5. The van der Waals surface area contributed by atoms with Gasteiger partial charge in [0.25, 0.3) is 0 Å². The second-order valence-corrected chi connectivity index (χ2v) is 5.19. The summed E-state index contributed by atoms with van der Waals surface area (Å²) in [7, 11) is 1.87. The first-order valence-corrected chi connectivity index (χ1v) is 6.47. The van der Waals surface area contributed by atoms with Crippen molar-refractivity contribution in [3.63, 3.8) is 0 Å². The topological polar surface area (TPSA) is 43.8 Å². The van der Waals surface area contributed by atoms with Crippen LogP contribution in [-0.2, 0) is 13.5 Å². The van der Waals surface area contributed by atoms with Crippen molar-refractivity contribution < 1.29 is 4.39 Å². The van der Waals surface area contributed by atoms with E-state index in [1.54, 1.807) is 10.7 Å². The van der Waals surface area contributed by atoms with Crippen LogP contribution in [0.3, 0.4) is 0 Å². The van der Waals surface area contributed by atoms with Crippen molar-refractivity contribution in [1.82, 2.24) is 9.78 Å². The Bertz CT molecular complexity index is 607. The van der Waals surface area contributed by atoms with E-state index in [1.165, 1.54) is 12.1 Å². The minimum Gasteiger partial charge on any atom is -0.324 e. The van der Waals surface area contributed by atoms with E-state index in [0.717, 1.165) is 17.0 Å². The molecule has 19 heavy (non-hydrogen) atoms. The highest BCUT2D eigenvalue weighted by Gasteiger charge is 2.18. The summed E-state index contributed by atoms with van der Waals surface area (Å²) in [4.78, 5) is 0. The van der Waals surface area contributed by atoms with Crippen molar-refractivity contribution in [1.29, 1.82) is 0 Å². The lowest BCUT2D eigenvalue weighted by atomic mass is 9.98. The molecule has 1 aromatic heterocycles. The lowest BCUT2D eigenvalue weighted by molar-refractivity contribution is 0.592. The maximum absolute atomic E-state index is 13.7. The van der Waals surface area contributed by atoms with Crippen molar-refractivity contribution in [3.8, 4) is 0 Å². The number of nitrogens with two attached hydrogens (primary N) is 1. The third kappa shape index (κ3) is 2.80. The summed E-state index contributed by atoms with van der Waals surface area (Å²) in [5.74, 6) is -0.279. The summed E-state index contributed by atoms with van der Waals surface area (Å²) in [6.45, 7) is 3.88. The highest BCUT2D eigenvalue weighted by Crippen LogP contribution is 2.25. The third-order valence-electron chi connectivity index (χ3n) is 3.38. The van der Waals surface area contributed by atoms with Crippen LogP contribution in [0.15, 0.2) is 18.2 Å². The van der Waals surface area contributed by atoms with E-state index in [9.17, 15) is 4.39 Å². The molecule has 0 fully saturated rings. The van der Waals surface area contributed by atoms with E-state index in [1.807, 2.05) is 20.9 Å². The van der Waals surface area contributed by atoms with Crippen LogP contribution in [0.4, 0.5) is 4.39 Å². The summed E-state index contributed by atoms with van der Waals surface area (Å²) in [5, 5.41) is 4.85. The molecule has 2 N–H and O–H groups in total. The zero-order valence-corrected chi connectivity index (χ0v) is 12.0. The van der Waals surface area contributed by atoms with Crippen LogP contribution < -0.4 is 5.73 Å². The molecular formula is C14H17ClFN3. The van der Waals surface area contributed by atoms with E-state index in [0.29, 0.717) is 17.0 Å². The maximum atomic E-state index is 13.7. The van der Waals surface area contributed by atoms with E-state index in [2.05, 4.69) is 5.10 Å². The largest absolute Gasteiger partial charge is 0.324 e. The minimum atomic E-state index is -0.290. The van der Waals surface area contributed by atoms with Gasteiger partial charge in [0, 0.05) is 29.4 Å². The average Bonchev–Trinajstić information content (AvgIpc) is 2.58. The summed E-state index contributed by atoms with van der Waals surface area (Å²) in [5.41, 5.74) is 9.59. The Morgan fingerprint density at radius 3 is 2.68 bits per heavy atom. The molecular weight excluding hydrogens is 265 g/mol. The van der Waals surface area contributed by atoms with Gasteiger partial charge in [-0.3, -0.25) is 4.68 Å². The van der Waals surface area contributed by atoms with Gasteiger partial charge < -0.3 is 5.73 Å². The highest BCUT2D eigenvalue weighted by molar-refractivity contribution is 6.30. The van der Waals surface area contributed by atoms with Gasteiger partial charge in [-0.15, -0.1) is 0 Å². The van der Waals surface area contributed by atoms with E-state index < -0.39 is 0 Å². The first-order valence-electron chi connectivity index (χ1n) is 6.09. The zero-order chi connectivity index (χ0) is 14.2. The number of hydrogen-bond acceptors (Lipinski definition) is 2. The molecule has 1 heterocycles. The molecule has 0 saturated heterocycles. The summed E-state index contributed by atoms with van der Waals surface area (Å²) >= 11 is 5.89. The van der Waals surface area contributed by atoms with Crippen molar-refractivity contribution in [2.45, 2.75) is 26.3 Å². The normalized spacial score (nSPS) is 12.7. The van der Waals surface area contributed by atoms with E-state index >= 15 is 0 Å². The second kappa shape index (κ2) is 5.31. The van der Waals surface area contributed by atoms with Crippen LogP contribution in [0.5, 0.6) is 0 Å². The quantitative estimate of drug-likeness (QED) is 0.940. The van der Waals surface area contributed by atoms with Gasteiger partial charge in [0.05, 0.1) is 5.69 Å². The number of nitrogens with zero attached hydrogens (tertiary/aromatic N) is 2. The van der Waals surface area contributed by atoms with Crippen LogP contribution in [0.2, 0.25) is 5.02 Å². The second-order valence-electron chi connectivity index (χ2n) is 4.75. The molecule has 0 aliphatic rings. The molecule has 3 nitrogen and oxygen atoms in total. The molecule has 1 aromatic carbocycles. The van der Waals surface area contributed by atoms with Crippen molar-refractivity contribution >= 4 is 11.6 Å². The fraction of sp³-hybridized carbons (Fsp3) is 0.357. The molecule has 5 heteroatoms. The van der Waals surface area contributed by atoms with Gasteiger partial charge in [-0.25, -0.2) is 4.39 Å². The van der Waals surface area contributed by atoms with Crippen LogP contribution >= 0.6 is 11.6 Å². The fourth-order valence-corrected chi connectivity index (χ4v) is 2.56. The molecule has 2 rings (SSSR count). The van der Waals surface area contributed by atoms with E-state index in [-0.39, 0.29) is 11.9 Å². The number of aromatic nitrogens is 2. The van der Waals surface area contributed by atoms with E-state index in [4.69, 9.17) is 17.3 Å². The SMILES string of the molecule is Cc1nn(C)c(C)c1C(N)Cc1cc(Cl)ccc1F. The Morgan fingerprint density at radius 2 is 2.11 bits per heavy atom. The van der Waals surface area contributed by atoms with Crippen LogP contribution in [0.1, 0.15) is 28.6 Å². The lowest BCUT2D eigenvalue weighted by Gasteiger charge is -2.13. The molecule has 0 bridgehead atoms. The lowest BCUT2D eigenvalue weighted by Crippen LogP contribution is -2.16. The molecule has 0 aliphatic heterocycles. The number of benzene rings is 1. The number of halogens is 2. The van der Waals surface area contributed by atoms with Crippen molar-refractivity contribution in [2.75, 3.05) is 0 Å². The van der Waals surface area contributed by atoms with Crippen LogP contribution in [-0.4, -0.2) is 9.78 Å². The Kier molecular flexibility index (Phi) is 3.92. The van der Waals surface area contributed by atoms with Gasteiger partial charge in [0.2, 0.25) is 0 Å². The summed E-state index contributed by atoms with van der Waals surface area (Å²) in [6, 6.07) is 4.24. The number of hydrogen-bond donors (Lipinski definition) is 1. The number of rotatable bonds is 3. The Morgan fingerprint density at radius 1 is 1.42 bits per heavy atom. The Labute approximate surface area is 117 Å². The molecule has 1 atom stereocenters. The molecule has 0 saturated carbocycles.